The highest BCUT2D eigenvalue weighted by atomic mass is 35.5. The first kappa shape index (κ1) is 15.2. The molecule has 0 saturated heterocycles. The van der Waals surface area contributed by atoms with Gasteiger partial charge >= 0.3 is 6.01 Å². The fourth-order valence-electron chi connectivity index (χ4n) is 2.48. The molecule has 1 aromatic heterocycles. The summed E-state index contributed by atoms with van der Waals surface area (Å²) >= 11 is 0. The van der Waals surface area contributed by atoms with E-state index in [-0.39, 0.29) is 12.4 Å². The highest BCUT2D eigenvalue weighted by Gasteiger charge is 2.21. The molecule has 104 valence electrons. The van der Waals surface area contributed by atoms with Gasteiger partial charge in [0.15, 0.2) is 0 Å². The maximum atomic E-state index is 5.49. The van der Waals surface area contributed by atoms with Crippen molar-refractivity contribution in [2.75, 3.05) is 12.4 Å². The van der Waals surface area contributed by atoms with Crippen molar-refractivity contribution >= 4 is 18.4 Å². The van der Waals surface area contributed by atoms with Crippen LogP contribution in [0.5, 0.6) is 0 Å². The van der Waals surface area contributed by atoms with Crippen LogP contribution in [0, 0.1) is 5.92 Å². The first-order valence-corrected chi connectivity index (χ1v) is 6.53. The second kappa shape index (κ2) is 7.59. The lowest BCUT2D eigenvalue weighted by molar-refractivity contribution is 0.324. The standard InChI is InChI=1S/C12H22N4O.ClH/c1-9(10-6-4-3-5-7-10)14-12-16-15-11(17-12)8-13-2;/h9-10,13H,3-8H2,1-2H3,(H,14,16);1H/t9-;/m1./s1. The smallest absolute Gasteiger partial charge is 0.315 e. The van der Waals surface area contributed by atoms with Crippen LogP contribution in [0.25, 0.3) is 0 Å². The Hall–Kier alpha value is -0.810. The van der Waals surface area contributed by atoms with E-state index in [1.165, 1.54) is 32.1 Å². The molecule has 1 aliphatic rings. The summed E-state index contributed by atoms with van der Waals surface area (Å²) in [7, 11) is 1.86. The molecule has 0 spiro atoms. The summed E-state index contributed by atoms with van der Waals surface area (Å²) in [6.45, 7) is 2.82. The molecule has 18 heavy (non-hydrogen) atoms. The van der Waals surface area contributed by atoms with Crippen LogP contribution < -0.4 is 10.6 Å². The molecule has 5 nitrogen and oxygen atoms in total. The monoisotopic (exact) mass is 274 g/mol. The third-order valence-electron chi connectivity index (χ3n) is 3.50. The molecule has 0 amide bonds. The highest BCUT2D eigenvalue weighted by molar-refractivity contribution is 5.85. The Morgan fingerprint density at radius 1 is 1.28 bits per heavy atom. The molecule has 0 aliphatic heterocycles. The predicted molar refractivity (Wildman–Crippen MR) is 74.0 cm³/mol. The molecule has 1 saturated carbocycles. The van der Waals surface area contributed by atoms with Crippen LogP contribution in [0.15, 0.2) is 4.42 Å². The summed E-state index contributed by atoms with van der Waals surface area (Å²) in [6, 6.07) is 0.964. The van der Waals surface area contributed by atoms with Crippen molar-refractivity contribution in [1.29, 1.82) is 0 Å². The number of hydrogen-bond donors (Lipinski definition) is 2. The van der Waals surface area contributed by atoms with Crippen molar-refractivity contribution in [3.63, 3.8) is 0 Å². The third-order valence-corrected chi connectivity index (χ3v) is 3.50. The van der Waals surface area contributed by atoms with Gasteiger partial charge in [-0.25, -0.2) is 0 Å². The van der Waals surface area contributed by atoms with E-state index in [0.717, 1.165) is 5.92 Å². The molecule has 6 heteroatoms. The molecule has 0 unspecified atom stereocenters. The molecule has 1 atom stereocenters. The van der Waals surface area contributed by atoms with Crippen molar-refractivity contribution < 1.29 is 4.42 Å². The van der Waals surface area contributed by atoms with Gasteiger partial charge in [0.25, 0.3) is 0 Å². The zero-order valence-electron chi connectivity index (χ0n) is 11.1. The molecule has 0 bridgehead atoms. The fourth-order valence-corrected chi connectivity index (χ4v) is 2.48. The molecular formula is C12H23ClN4O. The second-order valence-electron chi connectivity index (χ2n) is 4.86. The third kappa shape index (κ3) is 4.14. The summed E-state index contributed by atoms with van der Waals surface area (Å²) in [4.78, 5) is 0. The van der Waals surface area contributed by atoms with Gasteiger partial charge in [-0.05, 0) is 32.7 Å². The van der Waals surface area contributed by atoms with Crippen LogP contribution in [-0.2, 0) is 6.54 Å². The predicted octanol–water partition coefficient (Wildman–Crippen LogP) is 2.59. The summed E-state index contributed by atoms with van der Waals surface area (Å²) in [5.41, 5.74) is 0. The van der Waals surface area contributed by atoms with Crippen LogP contribution in [0.1, 0.15) is 44.9 Å². The van der Waals surface area contributed by atoms with E-state index in [9.17, 15) is 0 Å². The Labute approximate surface area is 115 Å². The summed E-state index contributed by atoms with van der Waals surface area (Å²) in [5, 5.41) is 14.3. The number of nitrogens with zero attached hydrogens (tertiary/aromatic N) is 2. The first-order chi connectivity index (χ1) is 8.29. The van der Waals surface area contributed by atoms with Crippen molar-refractivity contribution in [3.05, 3.63) is 5.89 Å². The Kier molecular flexibility index (Phi) is 6.43. The van der Waals surface area contributed by atoms with Gasteiger partial charge in [0.1, 0.15) is 0 Å². The first-order valence-electron chi connectivity index (χ1n) is 6.53. The molecule has 1 aliphatic carbocycles. The van der Waals surface area contributed by atoms with Gasteiger partial charge < -0.3 is 15.1 Å². The number of rotatable bonds is 5. The van der Waals surface area contributed by atoms with E-state index < -0.39 is 0 Å². The van der Waals surface area contributed by atoms with Crippen LogP contribution in [0.2, 0.25) is 0 Å². The number of halogens is 1. The van der Waals surface area contributed by atoms with E-state index in [2.05, 4.69) is 27.8 Å². The number of anilines is 1. The zero-order valence-corrected chi connectivity index (χ0v) is 11.9. The molecule has 2 rings (SSSR count). The Balaban J connectivity index is 0.00000162. The van der Waals surface area contributed by atoms with E-state index in [1.807, 2.05) is 7.05 Å². The average molecular weight is 275 g/mol. The van der Waals surface area contributed by atoms with Crippen LogP contribution in [-0.4, -0.2) is 23.3 Å². The topological polar surface area (TPSA) is 63.0 Å². The minimum Gasteiger partial charge on any atom is -0.407 e. The molecule has 0 aromatic carbocycles. The number of aromatic nitrogens is 2. The van der Waals surface area contributed by atoms with Gasteiger partial charge in [0, 0.05) is 6.04 Å². The Morgan fingerprint density at radius 3 is 2.67 bits per heavy atom. The normalized spacial score (nSPS) is 18.1. The van der Waals surface area contributed by atoms with Gasteiger partial charge in [0.05, 0.1) is 6.54 Å². The largest absolute Gasteiger partial charge is 0.407 e. The van der Waals surface area contributed by atoms with Gasteiger partial charge in [-0.1, -0.05) is 24.4 Å². The SMILES string of the molecule is CNCc1nnc(N[C@H](C)C2CCCCC2)o1.Cl. The van der Waals surface area contributed by atoms with Gasteiger partial charge in [-0.3, -0.25) is 0 Å². The van der Waals surface area contributed by atoms with Crippen molar-refractivity contribution in [3.8, 4) is 0 Å². The molecule has 1 heterocycles. The average Bonchev–Trinajstić information content (AvgIpc) is 2.78. The van der Waals surface area contributed by atoms with E-state index in [1.54, 1.807) is 0 Å². The highest BCUT2D eigenvalue weighted by Crippen LogP contribution is 2.27. The maximum Gasteiger partial charge on any atom is 0.315 e. The van der Waals surface area contributed by atoms with Crippen LogP contribution >= 0.6 is 12.4 Å². The lowest BCUT2D eigenvalue weighted by atomic mass is 9.85. The molecule has 2 N–H and O–H groups in total. The van der Waals surface area contributed by atoms with Crippen LogP contribution in [0.3, 0.4) is 0 Å². The van der Waals surface area contributed by atoms with Crippen molar-refractivity contribution in [1.82, 2.24) is 15.5 Å². The summed E-state index contributed by atoms with van der Waals surface area (Å²) < 4.78 is 5.49. The van der Waals surface area contributed by atoms with Gasteiger partial charge in [-0.2, -0.15) is 0 Å². The maximum absolute atomic E-state index is 5.49. The Morgan fingerprint density at radius 2 is 2.00 bits per heavy atom. The quantitative estimate of drug-likeness (QED) is 0.864. The van der Waals surface area contributed by atoms with Crippen LogP contribution in [0.4, 0.5) is 6.01 Å². The number of hydrogen-bond acceptors (Lipinski definition) is 5. The van der Waals surface area contributed by atoms with Gasteiger partial charge in [-0.15, -0.1) is 17.5 Å². The van der Waals surface area contributed by atoms with Crippen molar-refractivity contribution in [2.45, 2.75) is 51.6 Å². The van der Waals surface area contributed by atoms with Gasteiger partial charge in [0.2, 0.25) is 5.89 Å². The lowest BCUT2D eigenvalue weighted by Crippen LogP contribution is -2.27. The minimum absolute atomic E-state index is 0. The summed E-state index contributed by atoms with van der Waals surface area (Å²) in [6.07, 6.45) is 6.71. The van der Waals surface area contributed by atoms with Crippen molar-refractivity contribution in [2.24, 2.45) is 5.92 Å². The molecular weight excluding hydrogens is 252 g/mol. The number of nitrogens with one attached hydrogen (secondary N) is 2. The second-order valence-corrected chi connectivity index (χ2v) is 4.86. The molecule has 0 radical (unpaired) electrons. The Bertz CT molecular complexity index is 339. The molecule has 1 aromatic rings. The fraction of sp³-hybridized carbons (Fsp3) is 0.833. The minimum atomic E-state index is 0. The lowest BCUT2D eigenvalue weighted by Gasteiger charge is -2.27. The molecule has 1 fully saturated rings. The summed E-state index contributed by atoms with van der Waals surface area (Å²) in [5.74, 6) is 1.37. The van der Waals surface area contributed by atoms with E-state index in [4.69, 9.17) is 4.42 Å². The zero-order chi connectivity index (χ0) is 12.1. The van der Waals surface area contributed by atoms with E-state index in [0.29, 0.717) is 24.5 Å². The van der Waals surface area contributed by atoms with E-state index >= 15 is 0 Å².